The van der Waals surface area contributed by atoms with Crippen molar-refractivity contribution in [2.75, 3.05) is 31.1 Å². The highest BCUT2D eigenvalue weighted by Crippen LogP contribution is 2.18. The number of carbonyl (C=O) groups excluding carboxylic acids is 1. The van der Waals surface area contributed by atoms with Crippen molar-refractivity contribution >= 4 is 11.6 Å². The van der Waals surface area contributed by atoms with Crippen molar-refractivity contribution in [3.05, 3.63) is 66.1 Å². The van der Waals surface area contributed by atoms with Gasteiger partial charge in [-0.3, -0.25) is 14.5 Å². The fourth-order valence-corrected chi connectivity index (χ4v) is 3.39. The second-order valence-corrected chi connectivity index (χ2v) is 6.76. The van der Waals surface area contributed by atoms with Crippen LogP contribution in [0.2, 0.25) is 0 Å². The van der Waals surface area contributed by atoms with Gasteiger partial charge in [0.15, 0.2) is 5.76 Å². The van der Waals surface area contributed by atoms with Gasteiger partial charge in [0.05, 0.1) is 6.54 Å². The van der Waals surface area contributed by atoms with Gasteiger partial charge in [-0.25, -0.2) is 0 Å². The number of pyridine rings is 1. The number of anilines is 1. The van der Waals surface area contributed by atoms with E-state index in [0.29, 0.717) is 18.8 Å². The molecule has 1 aliphatic rings. The van der Waals surface area contributed by atoms with E-state index in [1.807, 2.05) is 42.4 Å². The molecule has 3 aromatic rings. The second-order valence-electron chi connectivity index (χ2n) is 6.76. The highest BCUT2D eigenvalue weighted by Gasteiger charge is 2.23. The zero-order valence-electron chi connectivity index (χ0n) is 15.4. The van der Waals surface area contributed by atoms with Crippen molar-refractivity contribution in [3.63, 3.8) is 0 Å². The Bertz CT molecular complexity index is 903. The zero-order valence-corrected chi connectivity index (χ0v) is 15.4. The maximum Gasteiger partial charge on any atom is 0.289 e. The number of aromatic nitrogens is 3. The van der Waals surface area contributed by atoms with E-state index >= 15 is 0 Å². The molecule has 0 bridgehead atoms. The molecule has 0 unspecified atom stereocenters. The van der Waals surface area contributed by atoms with Gasteiger partial charge in [0.25, 0.3) is 5.91 Å². The van der Waals surface area contributed by atoms with Gasteiger partial charge in [-0.1, -0.05) is 0 Å². The Labute approximate surface area is 158 Å². The molecule has 0 aromatic carbocycles. The zero-order chi connectivity index (χ0) is 18.6. The topological polar surface area (TPSA) is 67.4 Å². The normalized spacial score (nSPS) is 15.0. The van der Waals surface area contributed by atoms with Crippen LogP contribution in [-0.4, -0.2) is 51.8 Å². The Morgan fingerprint density at radius 3 is 2.89 bits per heavy atom. The first-order valence-corrected chi connectivity index (χ1v) is 9.22. The molecule has 140 valence electrons. The molecule has 0 aliphatic carbocycles. The van der Waals surface area contributed by atoms with Crippen LogP contribution in [0.15, 0.2) is 53.3 Å². The fraction of sp³-hybridized carbons (Fsp3) is 0.350. The molecule has 0 atom stereocenters. The van der Waals surface area contributed by atoms with Crippen molar-refractivity contribution < 1.29 is 9.21 Å². The Hall–Kier alpha value is -3.09. The van der Waals surface area contributed by atoms with Gasteiger partial charge < -0.3 is 14.2 Å². The van der Waals surface area contributed by atoms with Gasteiger partial charge in [0.1, 0.15) is 5.76 Å². The second kappa shape index (κ2) is 7.65. The van der Waals surface area contributed by atoms with Gasteiger partial charge in [-0.05, 0) is 43.7 Å². The minimum atomic E-state index is -0.0468. The number of furan rings is 1. The number of hydrogen-bond acceptors (Lipinski definition) is 5. The van der Waals surface area contributed by atoms with Crippen LogP contribution < -0.4 is 4.90 Å². The van der Waals surface area contributed by atoms with Crippen LogP contribution in [0.4, 0.5) is 5.69 Å². The highest BCUT2D eigenvalue weighted by molar-refractivity contribution is 5.91. The number of carbonyl (C=O) groups is 1. The summed E-state index contributed by atoms with van der Waals surface area (Å²) in [5.41, 5.74) is 2.17. The largest absolute Gasteiger partial charge is 0.454 e. The van der Waals surface area contributed by atoms with E-state index in [-0.39, 0.29) is 5.91 Å². The van der Waals surface area contributed by atoms with Crippen molar-refractivity contribution in [2.24, 2.45) is 0 Å². The third kappa shape index (κ3) is 4.02. The van der Waals surface area contributed by atoms with Gasteiger partial charge >= 0.3 is 0 Å². The average molecular weight is 365 g/mol. The van der Waals surface area contributed by atoms with E-state index in [4.69, 9.17) is 4.42 Å². The molecule has 0 saturated carbocycles. The molecule has 27 heavy (non-hydrogen) atoms. The first-order valence-electron chi connectivity index (χ1n) is 9.22. The standard InChI is InChI=1S/C20H23N5O2/c1-16-14-17(6-8-21-16)23-9-3-10-24(13-12-23)20(26)19-5-4-18(27-19)15-25-11-2-7-22-25/h2,4-8,11,14H,3,9-10,12-13,15H2,1H3. The summed E-state index contributed by atoms with van der Waals surface area (Å²) >= 11 is 0. The van der Waals surface area contributed by atoms with Crippen LogP contribution in [0.1, 0.15) is 28.4 Å². The minimum Gasteiger partial charge on any atom is -0.454 e. The number of nitrogens with zero attached hydrogens (tertiary/aromatic N) is 5. The maximum atomic E-state index is 12.8. The Morgan fingerprint density at radius 2 is 2.07 bits per heavy atom. The van der Waals surface area contributed by atoms with E-state index in [2.05, 4.69) is 21.0 Å². The van der Waals surface area contributed by atoms with Crippen LogP contribution in [0.3, 0.4) is 0 Å². The monoisotopic (exact) mass is 365 g/mol. The third-order valence-electron chi connectivity index (χ3n) is 4.78. The summed E-state index contributed by atoms with van der Waals surface area (Å²) in [5, 5.41) is 4.16. The molecule has 0 radical (unpaired) electrons. The lowest BCUT2D eigenvalue weighted by Crippen LogP contribution is -2.35. The van der Waals surface area contributed by atoms with Gasteiger partial charge in [0.2, 0.25) is 0 Å². The summed E-state index contributed by atoms with van der Waals surface area (Å²) < 4.78 is 7.54. The lowest BCUT2D eigenvalue weighted by molar-refractivity contribution is 0.0733. The van der Waals surface area contributed by atoms with E-state index in [0.717, 1.165) is 43.2 Å². The van der Waals surface area contributed by atoms with Gasteiger partial charge in [-0.2, -0.15) is 5.10 Å². The molecule has 1 amide bonds. The molecule has 4 heterocycles. The predicted molar refractivity (Wildman–Crippen MR) is 102 cm³/mol. The molecular formula is C20H23N5O2. The average Bonchev–Trinajstić information content (AvgIpc) is 3.28. The van der Waals surface area contributed by atoms with Gasteiger partial charge in [0, 0.05) is 56.2 Å². The van der Waals surface area contributed by atoms with Crippen molar-refractivity contribution in [2.45, 2.75) is 19.9 Å². The summed E-state index contributed by atoms with van der Waals surface area (Å²) in [4.78, 5) is 21.3. The van der Waals surface area contributed by atoms with Gasteiger partial charge in [-0.15, -0.1) is 0 Å². The van der Waals surface area contributed by atoms with E-state index < -0.39 is 0 Å². The van der Waals surface area contributed by atoms with E-state index in [1.165, 1.54) is 0 Å². The third-order valence-corrected chi connectivity index (χ3v) is 4.78. The number of rotatable bonds is 4. The first-order chi connectivity index (χ1) is 13.2. The lowest BCUT2D eigenvalue weighted by Gasteiger charge is -2.23. The number of amides is 1. The Balaban J connectivity index is 1.40. The summed E-state index contributed by atoms with van der Waals surface area (Å²) in [6.45, 7) is 5.65. The van der Waals surface area contributed by atoms with Crippen LogP contribution in [0.25, 0.3) is 0 Å². The van der Waals surface area contributed by atoms with Crippen molar-refractivity contribution in [1.82, 2.24) is 19.7 Å². The fourth-order valence-electron chi connectivity index (χ4n) is 3.39. The molecule has 4 rings (SSSR count). The molecule has 7 nitrogen and oxygen atoms in total. The smallest absolute Gasteiger partial charge is 0.289 e. The molecular weight excluding hydrogens is 342 g/mol. The van der Waals surface area contributed by atoms with Crippen LogP contribution >= 0.6 is 0 Å². The van der Waals surface area contributed by atoms with Crippen molar-refractivity contribution in [1.29, 1.82) is 0 Å². The minimum absolute atomic E-state index is 0.0468. The predicted octanol–water partition coefficient (Wildman–Crippen LogP) is 2.58. The van der Waals surface area contributed by atoms with Crippen LogP contribution in [-0.2, 0) is 6.54 Å². The Morgan fingerprint density at radius 1 is 1.15 bits per heavy atom. The Kier molecular flexibility index (Phi) is 4.91. The first kappa shape index (κ1) is 17.3. The SMILES string of the molecule is Cc1cc(N2CCCN(C(=O)c3ccc(Cn4cccn4)o3)CC2)ccn1. The van der Waals surface area contributed by atoms with Crippen LogP contribution in [0.5, 0.6) is 0 Å². The summed E-state index contributed by atoms with van der Waals surface area (Å²) in [7, 11) is 0. The quantitative estimate of drug-likeness (QED) is 0.711. The molecule has 3 aromatic heterocycles. The highest BCUT2D eigenvalue weighted by atomic mass is 16.4. The summed E-state index contributed by atoms with van der Waals surface area (Å²) in [6.07, 6.45) is 6.35. The van der Waals surface area contributed by atoms with E-state index in [1.54, 1.807) is 16.9 Å². The molecule has 7 heteroatoms. The van der Waals surface area contributed by atoms with E-state index in [9.17, 15) is 4.79 Å². The summed E-state index contributed by atoms with van der Waals surface area (Å²) in [5.74, 6) is 1.07. The maximum absolute atomic E-state index is 12.8. The molecule has 1 saturated heterocycles. The molecule has 1 aliphatic heterocycles. The molecule has 1 fully saturated rings. The van der Waals surface area contributed by atoms with Crippen molar-refractivity contribution in [3.8, 4) is 0 Å². The lowest BCUT2D eigenvalue weighted by atomic mass is 10.3. The molecule has 0 spiro atoms. The number of hydrogen-bond donors (Lipinski definition) is 0. The number of aryl methyl sites for hydroxylation is 1. The summed E-state index contributed by atoms with van der Waals surface area (Å²) in [6, 6.07) is 9.58. The van der Waals surface area contributed by atoms with Crippen LogP contribution in [0, 0.1) is 6.92 Å². The molecule has 0 N–H and O–H groups in total.